The Balaban J connectivity index is 2.43. The topological polar surface area (TPSA) is 38.3 Å². The van der Waals surface area contributed by atoms with Crippen molar-refractivity contribution in [2.75, 3.05) is 7.11 Å². The third kappa shape index (κ3) is 2.83. The molecule has 0 amide bonds. The normalized spacial score (nSPS) is 21.5. The molecule has 24 heavy (non-hydrogen) atoms. The molecule has 1 aliphatic heterocycles. The van der Waals surface area contributed by atoms with Crippen LogP contribution in [0.1, 0.15) is 29.6 Å². The maximum absolute atomic E-state index is 14.0. The zero-order chi connectivity index (χ0) is 18.3. The summed E-state index contributed by atoms with van der Waals surface area (Å²) in [5, 5.41) is 2.01. The first-order valence-corrected chi connectivity index (χ1v) is 6.67. The van der Waals surface area contributed by atoms with Crippen LogP contribution in [0.4, 0.5) is 30.7 Å². The maximum atomic E-state index is 14.0. The van der Waals surface area contributed by atoms with Crippen LogP contribution in [0.2, 0.25) is 0 Å². The van der Waals surface area contributed by atoms with E-state index in [0.717, 1.165) is 13.2 Å². The number of hydrogen-bond donors (Lipinski definition) is 1. The van der Waals surface area contributed by atoms with E-state index in [9.17, 15) is 35.5 Å². The second kappa shape index (κ2) is 5.91. The van der Waals surface area contributed by atoms with Gasteiger partial charge in [0.1, 0.15) is 6.04 Å². The standard InChI is InChI=1S/C14H12F7NO2/c1-24-10(23)6-9-7-4-2-3-5-8(7)11(22-9)12(15,16)13(17,18)14(19,20)21/h2-5,9,11,22H,6H2,1H3/t9-,11-/m0/s1. The van der Waals surface area contributed by atoms with E-state index >= 15 is 0 Å². The maximum Gasteiger partial charge on any atom is 0.459 e. The highest BCUT2D eigenvalue weighted by Crippen LogP contribution is 2.54. The van der Waals surface area contributed by atoms with Crippen LogP contribution in [0, 0.1) is 0 Å². The predicted molar refractivity (Wildman–Crippen MR) is 67.6 cm³/mol. The van der Waals surface area contributed by atoms with Crippen LogP contribution < -0.4 is 5.32 Å². The van der Waals surface area contributed by atoms with Crippen LogP contribution in [0.5, 0.6) is 0 Å². The number of carbonyl (C=O) groups excluding carboxylic acids is 1. The molecular weight excluding hydrogens is 347 g/mol. The summed E-state index contributed by atoms with van der Waals surface area (Å²) in [6.45, 7) is 0. The molecule has 0 bridgehead atoms. The molecule has 0 spiro atoms. The third-order valence-electron chi connectivity index (χ3n) is 3.79. The second-order valence-corrected chi connectivity index (χ2v) is 5.26. The van der Waals surface area contributed by atoms with Crippen molar-refractivity contribution in [3.63, 3.8) is 0 Å². The summed E-state index contributed by atoms with van der Waals surface area (Å²) in [5.74, 6) is -12.5. The fourth-order valence-electron chi connectivity index (χ4n) is 2.56. The van der Waals surface area contributed by atoms with Crippen molar-refractivity contribution in [3.05, 3.63) is 35.4 Å². The number of rotatable bonds is 4. The predicted octanol–water partition coefficient (Wildman–Crippen LogP) is 3.77. The summed E-state index contributed by atoms with van der Waals surface area (Å²) in [5.41, 5.74) is -0.370. The molecular formula is C14H12F7NO2. The lowest BCUT2D eigenvalue weighted by Gasteiger charge is -2.33. The fourth-order valence-corrected chi connectivity index (χ4v) is 2.56. The van der Waals surface area contributed by atoms with Gasteiger partial charge in [0.25, 0.3) is 0 Å². The van der Waals surface area contributed by atoms with E-state index in [1.807, 2.05) is 5.32 Å². The number of benzene rings is 1. The summed E-state index contributed by atoms with van der Waals surface area (Å²) < 4.78 is 96.2. The Labute approximate surface area is 131 Å². The van der Waals surface area contributed by atoms with Gasteiger partial charge in [-0.15, -0.1) is 0 Å². The number of nitrogens with one attached hydrogen (secondary N) is 1. The summed E-state index contributed by atoms with van der Waals surface area (Å²) in [4.78, 5) is 11.3. The molecule has 0 unspecified atom stereocenters. The van der Waals surface area contributed by atoms with E-state index in [0.29, 0.717) is 0 Å². The van der Waals surface area contributed by atoms with E-state index in [2.05, 4.69) is 4.74 Å². The van der Waals surface area contributed by atoms with Gasteiger partial charge in [0.2, 0.25) is 0 Å². The molecule has 0 saturated heterocycles. The first-order chi connectivity index (χ1) is 10.9. The van der Waals surface area contributed by atoms with Crippen molar-refractivity contribution in [3.8, 4) is 0 Å². The molecule has 0 saturated carbocycles. The number of fused-ring (bicyclic) bond motifs is 1. The Morgan fingerprint density at radius 2 is 1.62 bits per heavy atom. The van der Waals surface area contributed by atoms with Gasteiger partial charge in [0, 0.05) is 6.04 Å². The zero-order valence-electron chi connectivity index (χ0n) is 12.1. The molecule has 1 aromatic carbocycles. The Morgan fingerprint density at radius 1 is 1.08 bits per heavy atom. The third-order valence-corrected chi connectivity index (χ3v) is 3.79. The number of alkyl halides is 7. The molecule has 0 radical (unpaired) electrons. The van der Waals surface area contributed by atoms with Gasteiger partial charge >= 0.3 is 24.0 Å². The Bertz CT molecular complexity index is 630. The Morgan fingerprint density at radius 3 is 2.12 bits per heavy atom. The lowest BCUT2D eigenvalue weighted by atomic mass is 9.94. The quantitative estimate of drug-likeness (QED) is 0.657. The monoisotopic (exact) mass is 359 g/mol. The highest BCUT2D eigenvalue weighted by atomic mass is 19.4. The van der Waals surface area contributed by atoms with E-state index in [1.165, 1.54) is 18.2 Å². The Hall–Kier alpha value is -1.84. The van der Waals surface area contributed by atoms with Crippen LogP contribution in [-0.2, 0) is 9.53 Å². The zero-order valence-corrected chi connectivity index (χ0v) is 12.1. The largest absolute Gasteiger partial charge is 0.469 e. The summed E-state index contributed by atoms with van der Waals surface area (Å²) in [6.07, 6.45) is -6.91. The molecule has 1 aliphatic rings. The van der Waals surface area contributed by atoms with Crippen molar-refractivity contribution < 1.29 is 40.3 Å². The van der Waals surface area contributed by atoms with Gasteiger partial charge in [0.15, 0.2) is 0 Å². The highest BCUT2D eigenvalue weighted by Gasteiger charge is 2.76. The minimum absolute atomic E-state index is 0.0468. The van der Waals surface area contributed by atoms with E-state index in [4.69, 9.17) is 0 Å². The van der Waals surface area contributed by atoms with Gasteiger partial charge in [-0.25, -0.2) is 0 Å². The second-order valence-electron chi connectivity index (χ2n) is 5.26. The number of hydrogen-bond acceptors (Lipinski definition) is 3. The highest BCUT2D eigenvalue weighted by molar-refractivity contribution is 5.70. The lowest BCUT2D eigenvalue weighted by Crippen LogP contribution is -2.56. The Kier molecular flexibility index (Phi) is 4.55. The molecule has 2 rings (SSSR count). The average Bonchev–Trinajstić information content (AvgIpc) is 2.85. The van der Waals surface area contributed by atoms with Gasteiger partial charge < -0.3 is 4.74 Å². The van der Waals surface area contributed by atoms with Crippen molar-refractivity contribution in [2.24, 2.45) is 0 Å². The number of ether oxygens (including phenoxy) is 1. The van der Waals surface area contributed by atoms with Gasteiger partial charge in [-0.1, -0.05) is 24.3 Å². The molecule has 0 aliphatic carbocycles. The first kappa shape index (κ1) is 18.5. The van der Waals surface area contributed by atoms with Crippen LogP contribution in [-0.4, -0.2) is 31.1 Å². The van der Waals surface area contributed by atoms with Crippen LogP contribution in [0.3, 0.4) is 0 Å². The first-order valence-electron chi connectivity index (χ1n) is 6.67. The lowest BCUT2D eigenvalue weighted by molar-refractivity contribution is -0.360. The van der Waals surface area contributed by atoms with E-state index < -0.39 is 48.1 Å². The SMILES string of the molecule is COC(=O)C[C@@H]1N[C@H](C(F)(F)C(F)(F)C(F)(F)F)c2ccccc21. The van der Waals surface area contributed by atoms with E-state index in [-0.39, 0.29) is 5.56 Å². The average molecular weight is 359 g/mol. The molecule has 3 nitrogen and oxygen atoms in total. The van der Waals surface area contributed by atoms with Crippen molar-refractivity contribution in [1.29, 1.82) is 0 Å². The van der Waals surface area contributed by atoms with Gasteiger partial charge in [0.05, 0.1) is 13.5 Å². The fraction of sp³-hybridized carbons (Fsp3) is 0.500. The van der Waals surface area contributed by atoms with Gasteiger partial charge in [-0.2, -0.15) is 30.7 Å². The summed E-state index contributed by atoms with van der Waals surface area (Å²) in [7, 11) is 1.03. The number of esters is 1. The van der Waals surface area contributed by atoms with Gasteiger partial charge in [-0.3, -0.25) is 10.1 Å². The molecule has 1 N–H and O–H groups in total. The molecule has 10 heteroatoms. The number of carbonyl (C=O) groups is 1. The molecule has 0 fully saturated rings. The van der Waals surface area contributed by atoms with Crippen LogP contribution in [0.15, 0.2) is 24.3 Å². The smallest absolute Gasteiger partial charge is 0.459 e. The van der Waals surface area contributed by atoms with Gasteiger partial charge in [-0.05, 0) is 11.1 Å². The summed E-state index contributed by atoms with van der Waals surface area (Å²) >= 11 is 0. The van der Waals surface area contributed by atoms with E-state index in [1.54, 1.807) is 0 Å². The number of methoxy groups -OCH3 is 1. The van der Waals surface area contributed by atoms with Crippen molar-refractivity contribution >= 4 is 5.97 Å². The molecule has 134 valence electrons. The molecule has 2 atom stereocenters. The van der Waals surface area contributed by atoms with Crippen molar-refractivity contribution in [2.45, 2.75) is 36.5 Å². The van der Waals surface area contributed by atoms with Crippen LogP contribution in [0.25, 0.3) is 0 Å². The van der Waals surface area contributed by atoms with Crippen molar-refractivity contribution in [1.82, 2.24) is 5.32 Å². The molecule has 1 aromatic rings. The molecule has 1 heterocycles. The minimum atomic E-state index is -6.42. The number of halogens is 7. The molecule has 0 aromatic heterocycles. The van der Waals surface area contributed by atoms with Crippen LogP contribution >= 0.6 is 0 Å². The minimum Gasteiger partial charge on any atom is -0.469 e. The summed E-state index contributed by atoms with van der Waals surface area (Å²) in [6, 6.07) is 1.17.